The second-order valence-corrected chi connectivity index (χ2v) is 7.18. The lowest BCUT2D eigenvalue weighted by molar-refractivity contribution is 0.1000. The van der Waals surface area contributed by atoms with E-state index in [1.54, 1.807) is 24.3 Å². The van der Waals surface area contributed by atoms with Crippen LogP contribution >= 0.6 is 27.3 Å². The number of para-hydroxylation sites is 1. The van der Waals surface area contributed by atoms with Crippen molar-refractivity contribution in [1.29, 1.82) is 0 Å². The molecule has 0 fully saturated rings. The molecule has 2 aromatic carbocycles. The quantitative estimate of drug-likeness (QED) is 0.461. The summed E-state index contributed by atoms with van der Waals surface area (Å²) in [4.78, 5) is 29.8. The van der Waals surface area contributed by atoms with E-state index in [2.05, 4.69) is 26.1 Å². The fourth-order valence-electron chi connectivity index (χ4n) is 2.38. The summed E-state index contributed by atoms with van der Waals surface area (Å²) in [6, 6.07) is 14.3. The van der Waals surface area contributed by atoms with Gasteiger partial charge < -0.3 is 4.52 Å². The van der Waals surface area contributed by atoms with Crippen molar-refractivity contribution in [3.63, 3.8) is 0 Å². The van der Waals surface area contributed by atoms with E-state index >= 15 is 0 Å². The number of benzene rings is 2. The van der Waals surface area contributed by atoms with Crippen LogP contribution in [0.3, 0.4) is 0 Å². The summed E-state index contributed by atoms with van der Waals surface area (Å²) in [5.41, 5.74) is 1.28. The van der Waals surface area contributed by atoms with Gasteiger partial charge in [0.25, 0.3) is 0 Å². The molecule has 25 heavy (non-hydrogen) atoms. The van der Waals surface area contributed by atoms with Crippen LogP contribution in [0, 0.1) is 0 Å². The zero-order chi connectivity index (χ0) is 17.4. The molecule has 0 radical (unpaired) electrons. The highest BCUT2D eigenvalue weighted by Crippen LogP contribution is 2.25. The second-order valence-electron chi connectivity index (χ2n) is 5.23. The summed E-state index contributed by atoms with van der Waals surface area (Å²) >= 11 is 4.60. The lowest BCUT2D eigenvalue weighted by Gasteiger charge is -1.99. The zero-order valence-corrected chi connectivity index (χ0v) is 15.0. The Hall–Kier alpha value is -2.64. The smallest absolute Gasteiger partial charge is 0.227 e. The molecule has 4 rings (SSSR count). The molecule has 0 amide bonds. The molecule has 0 aliphatic rings. The van der Waals surface area contributed by atoms with Crippen LogP contribution in [0.1, 0.15) is 31.4 Å². The molecule has 0 atom stereocenters. The first-order valence-electron chi connectivity index (χ1n) is 7.28. The summed E-state index contributed by atoms with van der Waals surface area (Å²) in [5.74, 6) is -0.742. The zero-order valence-electron chi connectivity index (χ0n) is 12.6. The Morgan fingerprint density at radius 1 is 1.00 bits per heavy atom. The maximum atomic E-state index is 12.8. The average molecular weight is 413 g/mol. The van der Waals surface area contributed by atoms with E-state index < -0.39 is 0 Å². The number of aromatic nitrogens is 2. The Morgan fingerprint density at radius 3 is 2.52 bits per heavy atom. The Bertz CT molecular complexity index is 1070. The number of hydrogen-bond acceptors (Lipinski definition) is 6. The third-order valence-corrected chi connectivity index (χ3v) is 5.19. The van der Waals surface area contributed by atoms with E-state index in [9.17, 15) is 9.59 Å². The maximum Gasteiger partial charge on any atom is 0.227 e. The minimum atomic E-state index is -0.372. The number of fused-ring (bicyclic) bond motifs is 1. The van der Waals surface area contributed by atoms with Crippen molar-refractivity contribution in [3.8, 4) is 0 Å². The van der Waals surface area contributed by atoms with E-state index in [4.69, 9.17) is 4.52 Å². The van der Waals surface area contributed by atoms with Crippen LogP contribution in [-0.2, 0) is 0 Å². The third kappa shape index (κ3) is 2.92. The van der Waals surface area contributed by atoms with Crippen LogP contribution in [0.5, 0.6) is 0 Å². The molecule has 2 aromatic heterocycles. The summed E-state index contributed by atoms with van der Waals surface area (Å²) in [7, 11) is 0. The number of hydrogen-bond donors (Lipinski definition) is 0. The molecule has 0 spiro atoms. The van der Waals surface area contributed by atoms with Gasteiger partial charge in [-0.15, -0.1) is 11.3 Å². The average Bonchev–Trinajstić information content (AvgIpc) is 3.28. The molecule has 7 heteroatoms. The van der Waals surface area contributed by atoms with Gasteiger partial charge in [0.1, 0.15) is 6.26 Å². The van der Waals surface area contributed by atoms with Crippen LogP contribution < -0.4 is 0 Å². The number of rotatable bonds is 4. The predicted octanol–water partition coefficient (Wildman–Crippen LogP) is 4.51. The Kier molecular flexibility index (Phi) is 4.03. The molecule has 122 valence electrons. The van der Waals surface area contributed by atoms with Crippen molar-refractivity contribution >= 4 is 49.0 Å². The van der Waals surface area contributed by atoms with Crippen molar-refractivity contribution in [1.82, 2.24) is 10.1 Å². The highest BCUT2D eigenvalue weighted by Gasteiger charge is 2.26. The number of ketones is 2. The van der Waals surface area contributed by atoms with Crippen molar-refractivity contribution < 1.29 is 14.1 Å². The van der Waals surface area contributed by atoms with Gasteiger partial charge in [0.2, 0.25) is 11.6 Å². The van der Waals surface area contributed by atoms with E-state index in [0.717, 1.165) is 14.7 Å². The van der Waals surface area contributed by atoms with E-state index in [1.807, 2.05) is 24.3 Å². The molecule has 0 N–H and O–H groups in total. The van der Waals surface area contributed by atoms with Crippen LogP contribution in [0.4, 0.5) is 0 Å². The fourth-order valence-corrected chi connectivity index (χ4v) is 3.57. The highest BCUT2D eigenvalue weighted by atomic mass is 79.9. The monoisotopic (exact) mass is 412 g/mol. The molecular weight excluding hydrogens is 404 g/mol. The van der Waals surface area contributed by atoms with Crippen LogP contribution in [0.15, 0.2) is 63.8 Å². The van der Waals surface area contributed by atoms with Gasteiger partial charge in [-0.1, -0.05) is 33.2 Å². The number of thiazole rings is 1. The SMILES string of the molecule is O=C(c1nc2ccccc2s1)c1conc1C(=O)c1ccc(Br)cc1. The first-order valence-corrected chi connectivity index (χ1v) is 8.89. The molecule has 4 aromatic rings. The summed E-state index contributed by atoms with van der Waals surface area (Å²) in [5, 5.41) is 4.04. The van der Waals surface area contributed by atoms with E-state index in [-0.39, 0.29) is 22.8 Å². The minimum absolute atomic E-state index is 0.00780. The van der Waals surface area contributed by atoms with E-state index in [0.29, 0.717) is 10.6 Å². The molecule has 0 bridgehead atoms. The molecule has 2 heterocycles. The second kappa shape index (κ2) is 6.34. The summed E-state index contributed by atoms with van der Waals surface area (Å²) in [6.45, 7) is 0. The molecule has 0 aliphatic heterocycles. The molecule has 0 aliphatic carbocycles. The highest BCUT2D eigenvalue weighted by molar-refractivity contribution is 9.10. The molecular formula is C18H9BrN2O3S. The normalized spacial score (nSPS) is 10.9. The summed E-state index contributed by atoms with van der Waals surface area (Å²) < 4.78 is 6.67. The molecule has 0 saturated carbocycles. The van der Waals surface area contributed by atoms with Gasteiger partial charge in [0.15, 0.2) is 10.7 Å². The van der Waals surface area contributed by atoms with Crippen LogP contribution in [0.2, 0.25) is 0 Å². The Labute approximate surface area is 154 Å². The van der Waals surface area contributed by atoms with Crippen molar-refractivity contribution in [3.05, 3.63) is 81.1 Å². The van der Waals surface area contributed by atoms with Crippen LogP contribution in [-0.4, -0.2) is 21.7 Å². The van der Waals surface area contributed by atoms with Crippen LogP contribution in [0.25, 0.3) is 10.2 Å². The lowest BCUT2D eigenvalue weighted by Crippen LogP contribution is -2.09. The standard InChI is InChI=1S/C18H9BrN2O3S/c19-11-7-5-10(6-8-11)16(22)15-12(9-24-21-15)17(23)18-20-13-3-1-2-4-14(13)25-18/h1-9H. The molecule has 5 nitrogen and oxygen atoms in total. The van der Waals surface area contributed by atoms with Gasteiger partial charge in [-0.2, -0.15) is 0 Å². The van der Waals surface area contributed by atoms with Crippen molar-refractivity contribution in [2.75, 3.05) is 0 Å². The van der Waals surface area contributed by atoms with Gasteiger partial charge >= 0.3 is 0 Å². The van der Waals surface area contributed by atoms with Gasteiger partial charge in [-0.05, 0) is 36.4 Å². The van der Waals surface area contributed by atoms with Crippen molar-refractivity contribution in [2.24, 2.45) is 0 Å². The lowest BCUT2D eigenvalue weighted by atomic mass is 10.0. The number of nitrogens with zero attached hydrogens (tertiary/aromatic N) is 2. The van der Waals surface area contributed by atoms with Gasteiger partial charge in [-0.3, -0.25) is 9.59 Å². The van der Waals surface area contributed by atoms with E-state index in [1.165, 1.54) is 17.6 Å². The Balaban J connectivity index is 1.72. The predicted molar refractivity (Wildman–Crippen MR) is 97.1 cm³/mol. The molecule has 0 unspecified atom stereocenters. The first kappa shape index (κ1) is 15.9. The maximum absolute atomic E-state index is 12.8. The van der Waals surface area contributed by atoms with Gasteiger partial charge in [-0.25, -0.2) is 4.98 Å². The van der Waals surface area contributed by atoms with Crippen molar-refractivity contribution in [2.45, 2.75) is 0 Å². The topological polar surface area (TPSA) is 73.1 Å². The number of halogens is 1. The fraction of sp³-hybridized carbons (Fsp3) is 0. The number of carbonyl (C=O) groups excluding carboxylic acids is 2. The Morgan fingerprint density at radius 2 is 1.76 bits per heavy atom. The molecule has 0 saturated heterocycles. The minimum Gasteiger partial charge on any atom is -0.363 e. The van der Waals surface area contributed by atoms with Gasteiger partial charge in [0.05, 0.1) is 15.8 Å². The largest absolute Gasteiger partial charge is 0.363 e. The van der Waals surface area contributed by atoms with Gasteiger partial charge in [0, 0.05) is 10.0 Å². The summed E-state index contributed by atoms with van der Waals surface area (Å²) in [6.07, 6.45) is 1.19. The number of carbonyl (C=O) groups is 2. The third-order valence-electron chi connectivity index (χ3n) is 3.62. The first-order chi connectivity index (χ1) is 12.1.